The molecule has 0 aliphatic carbocycles. The SMILES string of the molecule is CS(=O)(=O)NCCN1CCNCC1.O=C(O)C(F)(F)F.O=C(O)C(F)(F)F. The topological polar surface area (TPSA) is 136 Å². The molecule has 0 atom stereocenters. The van der Waals surface area contributed by atoms with Gasteiger partial charge in [0.05, 0.1) is 6.26 Å². The van der Waals surface area contributed by atoms with E-state index in [0.717, 1.165) is 32.7 Å². The largest absolute Gasteiger partial charge is 0.490 e. The Hall–Kier alpha value is -1.65. The van der Waals surface area contributed by atoms with Gasteiger partial charge in [-0.05, 0) is 0 Å². The van der Waals surface area contributed by atoms with E-state index in [1.807, 2.05) is 0 Å². The van der Waals surface area contributed by atoms with Crippen molar-refractivity contribution in [3.8, 4) is 0 Å². The molecule has 0 aromatic heterocycles. The Labute approximate surface area is 150 Å². The van der Waals surface area contributed by atoms with Crippen molar-refractivity contribution in [3.05, 3.63) is 0 Å². The van der Waals surface area contributed by atoms with E-state index in [0.29, 0.717) is 6.54 Å². The first-order valence-electron chi connectivity index (χ1n) is 6.94. The highest BCUT2D eigenvalue weighted by molar-refractivity contribution is 7.88. The van der Waals surface area contributed by atoms with Gasteiger partial charge in [-0.3, -0.25) is 4.90 Å². The normalized spacial score (nSPS) is 15.7. The number of hydrogen-bond acceptors (Lipinski definition) is 6. The second-order valence-corrected chi connectivity index (χ2v) is 6.70. The molecule has 9 nitrogen and oxygen atoms in total. The first kappa shape index (κ1) is 27.6. The van der Waals surface area contributed by atoms with Crippen molar-refractivity contribution in [2.24, 2.45) is 0 Å². The van der Waals surface area contributed by atoms with Gasteiger partial charge >= 0.3 is 24.3 Å². The minimum atomic E-state index is -5.08. The Morgan fingerprint density at radius 2 is 1.33 bits per heavy atom. The number of hydrogen-bond donors (Lipinski definition) is 4. The standard InChI is InChI=1S/C7H17N3O2S.2C2HF3O2/c1-13(11,12)9-4-7-10-5-2-8-3-6-10;2*3-2(4,5)1(6)7/h8-9H,2-7H2,1H3;2*(H,6,7). The molecule has 16 heteroatoms. The maximum atomic E-state index is 10.7. The van der Waals surface area contributed by atoms with Crippen molar-refractivity contribution in [1.29, 1.82) is 0 Å². The number of carboxylic acids is 2. The highest BCUT2D eigenvalue weighted by Gasteiger charge is 2.38. The van der Waals surface area contributed by atoms with Gasteiger partial charge in [0, 0.05) is 39.3 Å². The second-order valence-electron chi connectivity index (χ2n) is 4.86. The molecule has 1 fully saturated rings. The van der Waals surface area contributed by atoms with Crippen molar-refractivity contribution >= 4 is 22.0 Å². The van der Waals surface area contributed by atoms with Crippen LogP contribution in [0.25, 0.3) is 0 Å². The molecular weight excluding hydrogens is 416 g/mol. The van der Waals surface area contributed by atoms with E-state index in [4.69, 9.17) is 19.8 Å². The molecule has 0 spiro atoms. The zero-order valence-corrected chi connectivity index (χ0v) is 14.7. The summed E-state index contributed by atoms with van der Waals surface area (Å²) in [6.45, 7) is 5.32. The third-order valence-electron chi connectivity index (χ3n) is 2.49. The smallest absolute Gasteiger partial charge is 0.475 e. The van der Waals surface area contributed by atoms with Gasteiger partial charge in [-0.1, -0.05) is 0 Å². The third-order valence-corrected chi connectivity index (χ3v) is 3.22. The van der Waals surface area contributed by atoms with Crippen LogP contribution in [0.2, 0.25) is 0 Å². The molecule has 0 amide bonds. The lowest BCUT2D eigenvalue weighted by molar-refractivity contribution is -0.193. The molecule has 1 heterocycles. The van der Waals surface area contributed by atoms with Crippen LogP contribution in [0.15, 0.2) is 0 Å². The van der Waals surface area contributed by atoms with Crippen LogP contribution in [-0.2, 0) is 19.6 Å². The number of sulfonamides is 1. The van der Waals surface area contributed by atoms with E-state index in [2.05, 4.69) is 14.9 Å². The summed E-state index contributed by atoms with van der Waals surface area (Å²) in [5, 5.41) is 17.5. The minimum absolute atomic E-state index is 0.513. The molecule has 0 unspecified atom stereocenters. The van der Waals surface area contributed by atoms with Gasteiger partial charge in [0.25, 0.3) is 0 Å². The summed E-state index contributed by atoms with van der Waals surface area (Å²) in [5.74, 6) is -5.51. The summed E-state index contributed by atoms with van der Waals surface area (Å²) in [5.41, 5.74) is 0. The maximum absolute atomic E-state index is 10.7. The molecule has 1 aliphatic heterocycles. The van der Waals surface area contributed by atoms with Gasteiger partial charge in [0.2, 0.25) is 10.0 Å². The molecule has 1 saturated heterocycles. The fourth-order valence-electron chi connectivity index (χ4n) is 1.32. The first-order chi connectivity index (χ1) is 12.0. The lowest BCUT2D eigenvalue weighted by atomic mass is 10.3. The van der Waals surface area contributed by atoms with Gasteiger partial charge in [-0.25, -0.2) is 22.7 Å². The molecule has 0 aromatic rings. The lowest BCUT2D eigenvalue weighted by Crippen LogP contribution is -2.46. The zero-order valence-electron chi connectivity index (χ0n) is 13.9. The first-order valence-corrected chi connectivity index (χ1v) is 8.84. The quantitative estimate of drug-likeness (QED) is 0.443. The molecule has 27 heavy (non-hydrogen) atoms. The van der Waals surface area contributed by atoms with Gasteiger partial charge in [0.1, 0.15) is 0 Å². The van der Waals surface area contributed by atoms with Crippen molar-refractivity contribution < 1.29 is 54.6 Å². The highest BCUT2D eigenvalue weighted by Crippen LogP contribution is 2.13. The molecule has 1 rings (SSSR count). The Bertz CT molecular complexity index is 536. The Morgan fingerprint density at radius 1 is 1.00 bits per heavy atom. The minimum Gasteiger partial charge on any atom is -0.475 e. The summed E-state index contributed by atoms with van der Waals surface area (Å²) in [7, 11) is -3.02. The van der Waals surface area contributed by atoms with Gasteiger partial charge < -0.3 is 15.5 Å². The number of piperazine rings is 1. The number of halogens is 6. The molecule has 162 valence electrons. The van der Waals surface area contributed by atoms with Gasteiger partial charge in [-0.15, -0.1) is 0 Å². The van der Waals surface area contributed by atoms with Crippen LogP contribution >= 0.6 is 0 Å². The molecule has 0 radical (unpaired) electrons. The predicted molar refractivity (Wildman–Crippen MR) is 79.5 cm³/mol. The van der Waals surface area contributed by atoms with Crippen molar-refractivity contribution in [3.63, 3.8) is 0 Å². The fourth-order valence-corrected chi connectivity index (χ4v) is 1.79. The van der Waals surface area contributed by atoms with Crippen LogP contribution < -0.4 is 10.0 Å². The van der Waals surface area contributed by atoms with E-state index in [1.54, 1.807) is 0 Å². The molecular formula is C11H19F6N3O6S. The summed E-state index contributed by atoms with van der Waals surface area (Å²) < 4.78 is 87.4. The van der Waals surface area contributed by atoms with Crippen LogP contribution in [0, 0.1) is 0 Å². The number of aliphatic carboxylic acids is 2. The second kappa shape index (κ2) is 11.9. The molecule has 1 aliphatic rings. The summed E-state index contributed by atoms with van der Waals surface area (Å²) >= 11 is 0. The van der Waals surface area contributed by atoms with Crippen molar-refractivity contribution in [2.75, 3.05) is 45.5 Å². The molecule has 4 N–H and O–H groups in total. The van der Waals surface area contributed by atoms with E-state index in [9.17, 15) is 34.8 Å². The number of alkyl halides is 6. The third kappa shape index (κ3) is 18.9. The van der Waals surface area contributed by atoms with Crippen LogP contribution in [0.5, 0.6) is 0 Å². The van der Waals surface area contributed by atoms with Gasteiger partial charge in [0.15, 0.2) is 0 Å². The average Bonchev–Trinajstić information content (AvgIpc) is 2.46. The van der Waals surface area contributed by atoms with Crippen LogP contribution in [0.4, 0.5) is 26.3 Å². The monoisotopic (exact) mass is 435 g/mol. The van der Waals surface area contributed by atoms with E-state index >= 15 is 0 Å². The molecule has 0 bridgehead atoms. The average molecular weight is 435 g/mol. The number of nitrogens with one attached hydrogen (secondary N) is 2. The summed E-state index contributed by atoms with van der Waals surface area (Å²) in [6, 6.07) is 0. The maximum Gasteiger partial charge on any atom is 0.490 e. The number of carbonyl (C=O) groups is 2. The van der Waals surface area contributed by atoms with E-state index < -0.39 is 34.3 Å². The fraction of sp³-hybridized carbons (Fsp3) is 0.818. The summed E-state index contributed by atoms with van der Waals surface area (Å²) in [6.07, 6.45) is -8.98. The lowest BCUT2D eigenvalue weighted by Gasteiger charge is -2.26. The summed E-state index contributed by atoms with van der Waals surface area (Å²) in [4.78, 5) is 20.0. The zero-order chi connectivity index (χ0) is 21.9. The Morgan fingerprint density at radius 3 is 1.59 bits per heavy atom. The number of nitrogens with zero attached hydrogens (tertiary/aromatic N) is 1. The van der Waals surface area contributed by atoms with Crippen molar-refractivity contribution in [1.82, 2.24) is 14.9 Å². The molecule has 0 aromatic carbocycles. The van der Waals surface area contributed by atoms with Crippen molar-refractivity contribution in [2.45, 2.75) is 12.4 Å². The van der Waals surface area contributed by atoms with Crippen LogP contribution in [-0.4, -0.2) is 93.3 Å². The van der Waals surface area contributed by atoms with E-state index in [1.165, 1.54) is 6.26 Å². The predicted octanol–water partition coefficient (Wildman–Crippen LogP) is -0.293. The van der Waals surface area contributed by atoms with Gasteiger partial charge in [-0.2, -0.15) is 26.3 Å². The Balaban J connectivity index is 0. The Kier molecular flexibility index (Phi) is 12.2. The van der Waals surface area contributed by atoms with Crippen LogP contribution in [0.1, 0.15) is 0 Å². The number of carboxylic acid groups (broad SMARTS) is 2. The van der Waals surface area contributed by atoms with E-state index in [-0.39, 0.29) is 0 Å². The number of rotatable bonds is 4. The van der Waals surface area contributed by atoms with Crippen LogP contribution in [0.3, 0.4) is 0 Å². The highest BCUT2D eigenvalue weighted by atomic mass is 32.2. The molecule has 0 saturated carbocycles.